The van der Waals surface area contributed by atoms with Gasteiger partial charge in [0.25, 0.3) is 0 Å². The summed E-state index contributed by atoms with van der Waals surface area (Å²) in [5, 5.41) is 25.6. The summed E-state index contributed by atoms with van der Waals surface area (Å²) in [6.45, 7) is 3.21. The molecule has 2 atom stereocenters. The van der Waals surface area contributed by atoms with Crippen molar-refractivity contribution >= 4 is 27.6 Å². The maximum Gasteiger partial charge on any atom is 0.333 e. The molecule has 3 rings (SSSR count). The van der Waals surface area contributed by atoms with Crippen molar-refractivity contribution in [3.63, 3.8) is 0 Å². The van der Waals surface area contributed by atoms with Crippen LogP contribution in [0.1, 0.15) is 30.0 Å². The van der Waals surface area contributed by atoms with Crippen molar-refractivity contribution in [1.82, 2.24) is 10.2 Å². The first-order chi connectivity index (χ1) is 14.2. The molecule has 2 unspecified atom stereocenters. The summed E-state index contributed by atoms with van der Waals surface area (Å²) in [5.41, 5.74) is 2.14. The Labute approximate surface area is 178 Å². The zero-order valence-corrected chi connectivity index (χ0v) is 17.6. The van der Waals surface area contributed by atoms with E-state index in [1.165, 1.54) is 6.92 Å². The SMILES string of the molecule is Cc1c(NC(c2nnc(-c3ccccc3)o2)C(C)OS(N)(=O)=O)ccc(C#N)c1Cl. The van der Waals surface area contributed by atoms with Gasteiger partial charge in [0.15, 0.2) is 0 Å². The lowest BCUT2D eigenvalue weighted by atomic mass is 10.1. The van der Waals surface area contributed by atoms with Crippen LogP contribution in [0, 0.1) is 18.3 Å². The number of nitrogens with one attached hydrogen (secondary N) is 1. The second-order valence-corrected chi connectivity index (χ2v) is 8.00. The average molecular weight is 448 g/mol. The van der Waals surface area contributed by atoms with Crippen molar-refractivity contribution < 1.29 is 17.0 Å². The van der Waals surface area contributed by atoms with Crippen LogP contribution in [-0.4, -0.2) is 24.7 Å². The molecule has 2 aromatic carbocycles. The van der Waals surface area contributed by atoms with E-state index in [0.717, 1.165) is 0 Å². The third-order valence-electron chi connectivity index (χ3n) is 4.30. The van der Waals surface area contributed by atoms with E-state index in [9.17, 15) is 8.42 Å². The third kappa shape index (κ3) is 4.95. The first-order valence-electron chi connectivity index (χ1n) is 8.75. The van der Waals surface area contributed by atoms with Crippen molar-refractivity contribution in [3.8, 4) is 17.5 Å². The molecule has 0 radical (unpaired) electrons. The Balaban J connectivity index is 1.99. The second kappa shape index (κ2) is 8.81. The molecule has 0 saturated heterocycles. The van der Waals surface area contributed by atoms with E-state index >= 15 is 0 Å². The van der Waals surface area contributed by atoms with Gasteiger partial charge in [-0.3, -0.25) is 4.18 Å². The van der Waals surface area contributed by atoms with Gasteiger partial charge in [0.2, 0.25) is 11.8 Å². The van der Waals surface area contributed by atoms with Crippen molar-refractivity contribution in [3.05, 3.63) is 64.5 Å². The standard InChI is InChI=1S/C19H18ClN5O4S/c1-11-15(9-8-14(10-21)16(11)20)23-17(12(2)29-30(22,26)27)19-25-24-18(28-19)13-6-4-3-5-7-13/h3-9,12,17,23H,1-2H3,(H2,22,26,27). The van der Waals surface area contributed by atoms with Gasteiger partial charge in [0, 0.05) is 11.3 Å². The molecule has 0 aliphatic rings. The number of nitriles is 1. The fourth-order valence-corrected chi connectivity index (χ4v) is 3.54. The predicted octanol–water partition coefficient (Wildman–Crippen LogP) is 3.33. The summed E-state index contributed by atoms with van der Waals surface area (Å²) in [4.78, 5) is 0. The van der Waals surface area contributed by atoms with Gasteiger partial charge in [-0.15, -0.1) is 10.2 Å². The Bertz CT molecular complexity index is 1190. The molecule has 1 aromatic heterocycles. The lowest BCUT2D eigenvalue weighted by Crippen LogP contribution is -2.31. The topological polar surface area (TPSA) is 144 Å². The van der Waals surface area contributed by atoms with E-state index in [2.05, 4.69) is 15.5 Å². The molecule has 1 heterocycles. The minimum absolute atomic E-state index is 0.0879. The first kappa shape index (κ1) is 21.7. The van der Waals surface area contributed by atoms with E-state index in [4.69, 9.17) is 30.6 Å². The number of halogens is 1. The molecule has 0 aliphatic carbocycles. The van der Waals surface area contributed by atoms with Crippen molar-refractivity contribution in [1.29, 1.82) is 5.26 Å². The molecule has 9 nitrogen and oxygen atoms in total. The van der Waals surface area contributed by atoms with Gasteiger partial charge in [0.05, 0.1) is 10.6 Å². The van der Waals surface area contributed by atoms with Gasteiger partial charge in [-0.2, -0.15) is 13.7 Å². The molecule has 0 amide bonds. The average Bonchev–Trinajstić information content (AvgIpc) is 3.18. The zero-order valence-electron chi connectivity index (χ0n) is 16.0. The lowest BCUT2D eigenvalue weighted by Gasteiger charge is -2.23. The summed E-state index contributed by atoms with van der Waals surface area (Å²) in [5.74, 6) is 0.347. The smallest absolute Gasteiger partial charge is 0.333 e. The van der Waals surface area contributed by atoms with E-state index in [-0.39, 0.29) is 16.8 Å². The molecular formula is C19H18ClN5O4S. The van der Waals surface area contributed by atoms with Crippen LogP contribution in [0.15, 0.2) is 46.9 Å². The van der Waals surface area contributed by atoms with Crippen LogP contribution >= 0.6 is 11.6 Å². The summed E-state index contributed by atoms with van der Waals surface area (Å²) in [6, 6.07) is 13.4. The maximum atomic E-state index is 11.5. The van der Waals surface area contributed by atoms with Crippen molar-refractivity contribution in [2.24, 2.45) is 5.14 Å². The number of aromatic nitrogens is 2. The molecule has 3 aromatic rings. The molecule has 3 N–H and O–H groups in total. The van der Waals surface area contributed by atoms with Crippen LogP contribution < -0.4 is 10.5 Å². The highest BCUT2D eigenvalue weighted by Gasteiger charge is 2.30. The number of benzene rings is 2. The highest BCUT2D eigenvalue weighted by Crippen LogP contribution is 2.32. The molecule has 0 saturated carbocycles. The third-order valence-corrected chi connectivity index (χ3v) is 5.36. The van der Waals surface area contributed by atoms with Gasteiger partial charge < -0.3 is 9.73 Å². The van der Waals surface area contributed by atoms with Crippen LogP contribution in [0.3, 0.4) is 0 Å². The van der Waals surface area contributed by atoms with E-state index in [1.807, 2.05) is 24.3 Å². The maximum absolute atomic E-state index is 11.5. The number of nitrogens with zero attached hydrogens (tertiary/aromatic N) is 3. The quantitative estimate of drug-likeness (QED) is 0.561. The number of anilines is 1. The number of hydrogen-bond acceptors (Lipinski definition) is 8. The largest absolute Gasteiger partial charge is 0.418 e. The molecule has 156 valence electrons. The summed E-state index contributed by atoms with van der Waals surface area (Å²) >= 11 is 6.24. The van der Waals surface area contributed by atoms with E-state index < -0.39 is 22.4 Å². The minimum atomic E-state index is -4.24. The lowest BCUT2D eigenvalue weighted by molar-refractivity contribution is 0.192. The normalized spacial score (nSPS) is 13.4. The molecule has 0 spiro atoms. The van der Waals surface area contributed by atoms with Crippen LogP contribution in [0.2, 0.25) is 5.02 Å². The highest BCUT2D eigenvalue weighted by molar-refractivity contribution is 7.84. The van der Waals surface area contributed by atoms with E-state index in [0.29, 0.717) is 22.4 Å². The van der Waals surface area contributed by atoms with Crippen LogP contribution in [0.25, 0.3) is 11.5 Å². The second-order valence-electron chi connectivity index (χ2n) is 6.44. The molecule has 0 aliphatic heterocycles. The molecule has 11 heteroatoms. The van der Waals surface area contributed by atoms with Crippen molar-refractivity contribution in [2.45, 2.75) is 26.0 Å². The van der Waals surface area contributed by atoms with Gasteiger partial charge in [-0.05, 0) is 43.7 Å². The van der Waals surface area contributed by atoms with Crippen LogP contribution in [0.5, 0.6) is 0 Å². The highest BCUT2D eigenvalue weighted by atomic mass is 35.5. The Morgan fingerprint density at radius 3 is 2.57 bits per heavy atom. The minimum Gasteiger partial charge on any atom is -0.418 e. The van der Waals surface area contributed by atoms with Gasteiger partial charge in [-0.25, -0.2) is 5.14 Å². The number of rotatable bonds is 7. The molecule has 30 heavy (non-hydrogen) atoms. The summed E-state index contributed by atoms with van der Waals surface area (Å²) in [6.07, 6.45) is -1.00. The summed E-state index contributed by atoms with van der Waals surface area (Å²) < 4.78 is 33.6. The zero-order chi connectivity index (χ0) is 21.9. The van der Waals surface area contributed by atoms with Crippen LogP contribution in [-0.2, 0) is 14.5 Å². The summed E-state index contributed by atoms with van der Waals surface area (Å²) in [7, 11) is -4.24. The fourth-order valence-electron chi connectivity index (χ4n) is 2.80. The fraction of sp³-hybridized carbons (Fsp3) is 0.211. The number of nitrogens with two attached hydrogens (primary N) is 1. The number of hydrogen-bond donors (Lipinski definition) is 2. The van der Waals surface area contributed by atoms with Gasteiger partial charge >= 0.3 is 10.3 Å². The van der Waals surface area contributed by atoms with E-state index in [1.54, 1.807) is 31.2 Å². The Kier molecular flexibility index (Phi) is 6.38. The Morgan fingerprint density at radius 1 is 1.23 bits per heavy atom. The van der Waals surface area contributed by atoms with Gasteiger partial charge in [0.1, 0.15) is 18.2 Å². The monoisotopic (exact) mass is 447 g/mol. The first-order valence-corrected chi connectivity index (χ1v) is 10.6. The Hall–Kier alpha value is -2.97. The molecule has 0 fully saturated rings. The molecule has 0 bridgehead atoms. The van der Waals surface area contributed by atoms with Crippen molar-refractivity contribution in [2.75, 3.05) is 5.32 Å². The predicted molar refractivity (Wildman–Crippen MR) is 111 cm³/mol. The Morgan fingerprint density at radius 2 is 1.93 bits per heavy atom. The van der Waals surface area contributed by atoms with Crippen LogP contribution in [0.4, 0.5) is 5.69 Å². The molecular weight excluding hydrogens is 430 g/mol. The van der Waals surface area contributed by atoms with Gasteiger partial charge in [-0.1, -0.05) is 29.8 Å².